The fraction of sp³-hybridized carbons (Fsp3) is 0.895. The van der Waals surface area contributed by atoms with Crippen molar-refractivity contribution < 1.29 is 18.7 Å². The number of hydrogen-bond donors (Lipinski definition) is 2. The van der Waals surface area contributed by atoms with E-state index in [4.69, 9.17) is 5.26 Å². The van der Waals surface area contributed by atoms with Crippen LogP contribution in [0.25, 0.3) is 0 Å². The van der Waals surface area contributed by atoms with Gasteiger partial charge in [-0.25, -0.2) is 8.78 Å². The van der Waals surface area contributed by atoms with E-state index < -0.39 is 36.4 Å². The molecule has 3 fully saturated rings. The number of carbonyl (C=O) groups excluding carboxylic acids is 1. The van der Waals surface area contributed by atoms with Crippen LogP contribution in [-0.4, -0.2) is 53.1 Å². The molecule has 0 aromatic heterocycles. The number of likely N-dealkylation sites (tertiary alicyclic amines) is 1. The van der Waals surface area contributed by atoms with Gasteiger partial charge in [-0.3, -0.25) is 4.79 Å². The zero-order chi connectivity index (χ0) is 18.8. The van der Waals surface area contributed by atoms with Crippen molar-refractivity contribution in [2.24, 2.45) is 5.41 Å². The highest BCUT2D eigenvalue weighted by molar-refractivity contribution is 5.79. The number of rotatable bonds is 4. The van der Waals surface area contributed by atoms with Crippen molar-refractivity contribution in [1.82, 2.24) is 10.2 Å². The number of aliphatic hydroxyl groups excluding tert-OH is 1. The summed E-state index contributed by atoms with van der Waals surface area (Å²) in [6, 6.07) is 0.730. The zero-order valence-electron chi connectivity index (χ0n) is 15.3. The molecule has 2 N–H and O–H groups in total. The molecule has 26 heavy (non-hydrogen) atoms. The number of nitrogens with zero attached hydrogens (tertiary/aromatic N) is 2. The molecular formula is C19H29F2N3O2. The Balaban J connectivity index is 1.56. The lowest BCUT2D eigenvalue weighted by molar-refractivity contribution is -0.132. The molecule has 146 valence electrons. The number of hydrogen-bond acceptors (Lipinski definition) is 4. The van der Waals surface area contributed by atoms with Crippen LogP contribution in [0, 0.1) is 16.7 Å². The van der Waals surface area contributed by atoms with E-state index in [0.29, 0.717) is 5.41 Å². The molecule has 1 heterocycles. The van der Waals surface area contributed by atoms with Gasteiger partial charge in [-0.2, -0.15) is 5.26 Å². The maximum absolute atomic E-state index is 13.5. The summed E-state index contributed by atoms with van der Waals surface area (Å²) in [6.07, 6.45) is 9.44. The van der Waals surface area contributed by atoms with Gasteiger partial charge in [0.05, 0.1) is 25.8 Å². The second-order valence-corrected chi connectivity index (χ2v) is 8.58. The first-order chi connectivity index (χ1) is 12.3. The molecule has 0 radical (unpaired) electrons. The molecule has 3 rings (SSSR count). The van der Waals surface area contributed by atoms with Gasteiger partial charge in [0, 0.05) is 12.0 Å². The third-order valence-corrected chi connectivity index (χ3v) is 6.84. The van der Waals surface area contributed by atoms with Crippen LogP contribution in [0.5, 0.6) is 0 Å². The predicted molar refractivity (Wildman–Crippen MR) is 92.5 cm³/mol. The molecule has 0 aromatic carbocycles. The van der Waals surface area contributed by atoms with Crippen LogP contribution in [-0.2, 0) is 4.79 Å². The Hall–Kier alpha value is -1.26. The standard InChI is InChI=1S/C19H29F2N3O2/c20-19(21)10-15(11-22)24(13-19)16(26)12-23-18(14-25)8-6-17(7-9-18)4-2-1-3-5-17/h15,23,25H,1-10,12-14H2. The molecule has 2 saturated carbocycles. The summed E-state index contributed by atoms with van der Waals surface area (Å²) < 4.78 is 27.1. The number of aliphatic hydroxyl groups is 1. The number of amides is 1. The van der Waals surface area contributed by atoms with Crippen LogP contribution in [0.15, 0.2) is 0 Å². The van der Waals surface area contributed by atoms with Gasteiger partial charge in [-0.1, -0.05) is 19.3 Å². The average molecular weight is 369 g/mol. The van der Waals surface area contributed by atoms with Crippen molar-refractivity contribution in [2.45, 2.75) is 81.7 Å². The van der Waals surface area contributed by atoms with E-state index in [1.54, 1.807) is 6.07 Å². The molecular weight excluding hydrogens is 340 g/mol. The van der Waals surface area contributed by atoms with E-state index >= 15 is 0 Å². The lowest BCUT2D eigenvalue weighted by Crippen LogP contribution is -2.56. The second kappa shape index (κ2) is 7.40. The molecule has 1 atom stereocenters. The molecule has 5 nitrogen and oxygen atoms in total. The second-order valence-electron chi connectivity index (χ2n) is 8.58. The van der Waals surface area contributed by atoms with Crippen molar-refractivity contribution in [1.29, 1.82) is 5.26 Å². The number of carbonyl (C=O) groups is 1. The minimum absolute atomic E-state index is 0.0613. The van der Waals surface area contributed by atoms with Crippen LogP contribution in [0.2, 0.25) is 0 Å². The highest BCUT2D eigenvalue weighted by Gasteiger charge is 2.48. The molecule has 2 aliphatic carbocycles. The quantitative estimate of drug-likeness (QED) is 0.799. The van der Waals surface area contributed by atoms with Crippen LogP contribution < -0.4 is 5.32 Å². The predicted octanol–water partition coefficient (Wildman–Crippen LogP) is 2.59. The highest BCUT2D eigenvalue weighted by Crippen LogP contribution is 2.49. The smallest absolute Gasteiger partial charge is 0.268 e. The van der Waals surface area contributed by atoms with Gasteiger partial charge < -0.3 is 15.3 Å². The Morgan fingerprint density at radius 3 is 2.38 bits per heavy atom. The van der Waals surface area contributed by atoms with E-state index in [2.05, 4.69) is 5.32 Å². The summed E-state index contributed by atoms with van der Waals surface area (Å²) in [5.41, 5.74) is -0.117. The fourth-order valence-electron chi connectivity index (χ4n) is 5.01. The summed E-state index contributed by atoms with van der Waals surface area (Å²) >= 11 is 0. The molecule has 0 bridgehead atoms. The van der Waals surface area contributed by atoms with Crippen molar-refractivity contribution in [2.75, 3.05) is 19.7 Å². The minimum atomic E-state index is -3.00. The summed E-state index contributed by atoms with van der Waals surface area (Å²) in [5, 5.41) is 22.1. The molecule has 1 spiro atoms. The van der Waals surface area contributed by atoms with Gasteiger partial charge in [0.1, 0.15) is 6.04 Å². The normalized spacial score (nSPS) is 29.5. The summed E-state index contributed by atoms with van der Waals surface area (Å²) in [6.45, 7) is -0.864. The molecule has 0 aromatic rings. The van der Waals surface area contributed by atoms with Crippen molar-refractivity contribution in [3.63, 3.8) is 0 Å². The minimum Gasteiger partial charge on any atom is -0.394 e. The van der Waals surface area contributed by atoms with Crippen molar-refractivity contribution in [3.05, 3.63) is 0 Å². The molecule has 1 saturated heterocycles. The number of halogens is 2. The van der Waals surface area contributed by atoms with E-state index in [0.717, 1.165) is 30.6 Å². The molecule has 1 unspecified atom stereocenters. The lowest BCUT2D eigenvalue weighted by atomic mass is 9.61. The average Bonchev–Trinajstić information content (AvgIpc) is 2.97. The van der Waals surface area contributed by atoms with Crippen molar-refractivity contribution >= 4 is 5.91 Å². The largest absolute Gasteiger partial charge is 0.394 e. The third-order valence-electron chi connectivity index (χ3n) is 6.84. The zero-order valence-corrected chi connectivity index (χ0v) is 15.3. The first-order valence-corrected chi connectivity index (χ1v) is 9.76. The van der Waals surface area contributed by atoms with Gasteiger partial charge in [0.15, 0.2) is 0 Å². The van der Waals surface area contributed by atoms with Crippen LogP contribution >= 0.6 is 0 Å². The number of nitrogens with one attached hydrogen (secondary N) is 1. The lowest BCUT2D eigenvalue weighted by Gasteiger charge is -2.48. The first-order valence-electron chi connectivity index (χ1n) is 9.76. The summed E-state index contributed by atoms with van der Waals surface area (Å²) in [4.78, 5) is 13.4. The number of alkyl halides is 2. The molecule has 1 aliphatic heterocycles. The summed E-state index contributed by atoms with van der Waals surface area (Å²) in [5.74, 6) is -3.48. The van der Waals surface area contributed by atoms with E-state index in [9.17, 15) is 18.7 Å². The molecule has 1 amide bonds. The third kappa shape index (κ3) is 4.01. The van der Waals surface area contributed by atoms with E-state index in [-0.39, 0.29) is 13.2 Å². The molecule has 7 heteroatoms. The SMILES string of the molecule is N#CC1CC(F)(F)CN1C(=O)CNC1(CO)CCC2(CCCCC2)CC1. The van der Waals surface area contributed by atoms with Crippen molar-refractivity contribution in [3.8, 4) is 6.07 Å². The maximum atomic E-state index is 13.5. The van der Waals surface area contributed by atoms with Crippen LogP contribution in [0.1, 0.15) is 64.2 Å². The Morgan fingerprint density at radius 2 is 1.81 bits per heavy atom. The van der Waals surface area contributed by atoms with Crippen LogP contribution in [0.3, 0.4) is 0 Å². The molecule has 3 aliphatic rings. The first kappa shape index (κ1) is 19.5. The number of nitriles is 1. The van der Waals surface area contributed by atoms with Gasteiger partial charge in [-0.15, -0.1) is 0 Å². The monoisotopic (exact) mass is 369 g/mol. The maximum Gasteiger partial charge on any atom is 0.268 e. The van der Waals surface area contributed by atoms with Crippen LogP contribution in [0.4, 0.5) is 8.78 Å². The van der Waals surface area contributed by atoms with Gasteiger partial charge in [0.25, 0.3) is 5.92 Å². The Labute approximate surface area is 153 Å². The Bertz CT molecular complexity index is 560. The topological polar surface area (TPSA) is 76.4 Å². The highest BCUT2D eigenvalue weighted by atomic mass is 19.3. The van der Waals surface area contributed by atoms with E-state index in [1.807, 2.05) is 0 Å². The fourth-order valence-corrected chi connectivity index (χ4v) is 5.01. The Kier molecular flexibility index (Phi) is 5.55. The summed E-state index contributed by atoms with van der Waals surface area (Å²) in [7, 11) is 0. The van der Waals surface area contributed by atoms with Gasteiger partial charge in [0.2, 0.25) is 5.91 Å². The van der Waals surface area contributed by atoms with E-state index in [1.165, 1.54) is 32.1 Å². The Morgan fingerprint density at radius 1 is 1.15 bits per heavy atom. The van der Waals surface area contributed by atoms with Gasteiger partial charge >= 0.3 is 0 Å². The van der Waals surface area contributed by atoms with Gasteiger partial charge in [-0.05, 0) is 43.9 Å².